The van der Waals surface area contributed by atoms with E-state index in [4.69, 9.17) is 4.74 Å². The van der Waals surface area contributed by atoms with Gasteiger partial charge in [0, 0.05) is 37.3 Å². The third-order valence-electron chi connectivity index (χ3n) is 3.86. The SMILES string of the molecule is C[C@@H](CN1CCOCC1)NC(=O)c1cc(C2CC2)[nH]n1. The van der Waals surface area contributed by atoms with E-state index in [1.54, 1.807) is 0 Å². The molecule has 0 radical (unpaired) electrons. The van der Waals surface area contributed by atoms with Crippen molar-refractivity contribution in [3.05, 3.63) is 17.5 Å². The largest absolute Gasteiger partial charge is 0.379 e. The molecule has 1 amide bonds. The van der Waals surface area contributed by atoms with Gasteiger partial charge in [0.15, 0.2) is 0 Å². The molecule has 6 heteroatoms. The Morgan fingerprint density at radius 2 is 2.30 bits per heavy atom. The Morgan fingerprint density at radius 1 is 1.55 bits per heavy atom. The second-order valence-corrected chi connectivity index (χ2v) is 5.77. The maximum absolute atomic E-state index is 12.1. The van der Waals surface area contributed by atoms with E-state index in [2.05, 4.69) is 20.4 Å². The molecule has 6 nitrogen and oxygen atoms in total. The maximum Gasteiger partial charge on any atom is 0.272 e. The van der Waals surface area contributed by atoms with Gasteiger partial charge in [-0.05, 0) is 25.8 Å². The quantitative estimate of drug-likeness (QED) is 0.833. The molecule has 1 saturated carbocycles. The van der Waals surface area contributed by atoms with Crippen molar-refractivity contribution < 1.29 is 9.53 Å². The highest BCUT2D eigenvalue weighted by Crippen LogP contribution is 2.38. The standard InChI is InChI=1S/C14H22N4O2/c1-10(9-18-4-6-20-7-5-18)15-14(19)13-8-12(16-17-13)11-2-3-11/h8,10-11H,2-7,9H2,1H3,(H,15,19)(H,16,17)/t10-/m0/s1. The van der Waals surface area contributed by atoms with Crippen LogP contribution in [0, 0.1) is 0 Å². The summed E-state index contributed by atoms with van der Waals surface area (Å²) in [5.74, 6) is 0.503. The Hall–Kier alpha value is -1.40. The molecular formula is C14H22N4O2. The van der Waals surface area contributed by atoms with E-state index < -0.39 is 0 Å². The number of H-pyrrole nitrogens is 1. The third kappa shape index (κ3) is 3.37. The molecule has 2 N–H and O–H groups in total. The van der Waals surface area contributed by atoms with Crippen LogP contribution in [0.4, 0.5) is 0 Å². The molecule has 0 spiro atoms. The lowest BCUT2D eigenvalue weighted by Crippen LogP contribution is -2.46. The van der Waals surface area contributed by atoms with Crippen molar-refractivity contribution in [2.24, 2.45) is 0 Å². The summed E-state index contributed by atoms with van der Waals surface area (Å²) in [7, 11) is 0. The van der Waals surface area contributed by atoms with Crippen LogP contribution in [0.1, 0.15) is 41.9 Å². The van der Waals surface area contributed by atoms with Crippen LogP contribution in [-0.2, 0) is 4.74 Å². The lowest BCUT2D eigenvalue weighted by atomic mass is 10.2. The fourth-order valence-electron chi connectivity index (χ4n) is 2.57. The number of morpholine rings is 1. The van der Waals surface area contributed by atoms with Gasteiger partial charge < -0.3 is 10.1 Å². The second kappa shape index (κ2) is 5.93. The molecule has 1 aliphatic carbocycles. The summed E-state index contributed by atoms with van der Waals surface area (Å²) in [6, 6.07) is 2.00. The van der Waals surface area contributed by atoms with Crippen molar-refractivity contribution >= 4 is 5.91 Å². The predicted octanol–water partition coefficient (Wildman–Crippen LogP) is 0.738. The molecule has 2 fully saturated rings. The Morgan fingerprint density at radius 3 is 3.00 bits per heavy atom. The highest BCUT2D eigenvalue weighted by Gasteiger charge is 2.26. The van der Waals surface area contributed by atoms with Crippen LogP contribution in [0.5, 0.6) is 0 Å². The summed E-state index contributed by atoms with van der Waals surface area (Å²) >= 11 is 0. The topological polar surface area (TPSA) is 70.2 Å². The lowest BCUT2D eigenvalue weighted by molar-refractivity contribution is 0.0342. The average molecular weight is 278 g/mol. The van der Waals surface area contributed by atoms with Crippen LogP contribution in [-0.4, -0.2) is 59.9 Å². The van der Waals surface area contributed by atoms with Gasteiger partial charge in [-0.1, -0.05) is 0 Å². The van der Waals surface area contributed by atoms with Gasteiger partial charge in [-0.3, -0.25) is 14.8 Å². The molecule has 2 heterocycles. The van der Waals surface area contributed by atoms with Gasteiger partial charge >= 0.3 is 0 Å². The highest BCUT2D eigenvalue weighted by molar-refractivity contribution is 5.92. The average Bonchev–Trinajstić information content (AvgIpc) is 3.17. The minimum absolute atomic E-state index is 0.0890. The van der Waals surface area contributed by atoms with Crippen molar-refractivity contribution in [1.82, 2.24) is 20.4 Å². The summed E-state index contributed by atoms with van der Waals surface area (Å²) in [4.78, 5) is 14.4. The van der Waals surface area contributed by atoms with E-state index in [0.717, 1.165) is 38.5 Å². The summed E-state index contributed by atoms with van der Waals surface area (Å²) in [6.45, 7) is 6.33. The Labute approximate surface area is 118 Å². The molecule has 0 bridgehead atoms. The van der Waals surface area contributed by atoms with Crippen LogP contribution in [0.3, 0.4) is 0 Å². The monoisotopic (exact) mass is 278 g/mol. The van der Waals surface area contributed by atoms with Crippen molar-refractivity contribution in [3.8, 4) is 0 Å². The van der Waals surface area contributed by atoms with Gasteiger partial charge in [0.1, 0.15) is 5.69 Å². The van der Waals surface area contributed by atoms with Gasteiger partial charge in [-0.2, -0.15) is 5.10 Å². The van der Waals surface area contributed by atoms with Crippen molar-refractivity contribution in [3.63, 3.8) is 0 Å². The number of nitrogens with one attached hydrogen (secondary N) is 2. The van der Waals surface area contributed by atoms with E-state index in [-0.39, 0.29) is 11.9 Å². The van der Waals surface area contributed by atoms with E-state index in [9.17, 15) is 4.79 Å². The molecule has 1 aromatic rings. The van der Waals surface area contributed by atoms with Gasteiger partial charge in [-0.15, -0.1) is 0 Å². The summed E-state index contributed by atoms with van der Waals surface area (Å²) in [6.07, 6.45) is 2.41. The van der Waals surface area contributed by atoms with Crippen molar-refractivity contribution in [1.29, 1.82) is 0 Å². The first-order valence-electron chi connectivity index (χ1n) is 7.38. The minimum Gasteiger partial charge on any atom is -0.379 e. The van der Waals surface area contributed by atoms with E-state index >= 15 is 0 Å². The van der Waals surface area contributed by atoms with E-state index in [1.807, 2.05) is 13.0 Å². The normalized spacial score (nSPS) is 21.6. The summed E-state index contributed by atoms with van der Waals surface area (Å²) in [5, 5.41) is 10.1. The molecule has 110 valence electrons. The number of rotatable bonds is 5. The zero-order valence-corrected chi connectivity index (χ0v) is 11.9. The Bertz CT molecular complexity index is 463. The number of ether oxygens (including phenoxy) is 1. The molecule has 20 heavy (non-hydrogen) atoms. The number of aromatic nitrogens is 2. The fourth-order valence-corrected chi connectivity index (χ4v) is 2.57. The molecule has 0 unspecified atom stereocenters. The van der Waals surface area contributed by atoms with Gasteiger partial charge in [0.2, 0.25) is 0 Å². The Balaban J connectivity index is 1.49. The zero-order valence-electron chi connectivity index (χ0n) is 11.9. The number of hydrogen-bond acceptors (Lipinski definition) is 4. The first-order chi connectivity index (χ1) is 9.72. The molecule has 1 aliphatic heterocycles. The Kier molecular flexibility index (Phi) is 4.03. The molecule has 0 aromatic carbocycles. The smallest absolute Gasteiger partial charge is 0.272 e. The second-order valence-electron chi connectivity index (χ2n) is 5.77. The highest BCUT2D eigenvalue weighted by atomic mass is 16.5. The molecule has 1 aromatic heterocycles. The van der Waals surface area contributed by atoms with Crippen molar-refractivity contribution in [2.45, 2.75) is 31.7 Å². The lowest BCUT2D eigenvalue weighted by Gasteiger charge is -2.29. The third-order valence-corrected chi connectivity index (χ3v) is 3.86. The minimum atomic E-state index is -0.0890. The van der Waals surface area contributed by atoms with E-state index in [1.165, 1.54) is 12.8 Å². The molecule has 2 aliphatic rings. The number of amides is 1. The van der Waals surface area contributed by atoms with Crippen LogP contribution >= 0.6 is 0 Å². The van der Waals surface area contributed by atoms with Gasteiger partial charge in [0.25, 0.3) is 5.91 Å². The fraction of sp³-hybridized carbons (Fsp3) is 0.714. The predicted molar refractivity (Wildman–Crippen MR) is 74.7 cm³/mol. The van der Waals surface area contributed by atoms with Gasteiger partial charge in [-0.25, -0.2) is 0 Å². The number of carbonyl (C=O) groups excluding carboxylic acids is 1. The first-order valence-corrected chi connectivity index (χ1v) is 7.38. The van der Waals surface area contributed by atoms with Gasteiger partial charge in [0.05, 0.1) is 13.2 Å². The number of aromatic amines is 1. The number of nitrogens with zero attached hydrogens (tertiary/aromatic N) is 2. The number of carbonyl (C=O) groups is 1. The molecule has 1 atom stereocenters. The van der Waals surface area contributed by atoms with Crippen LogP contribution < -0.4 is 5.32 Å². The van der Waals surface area contributed by atoms with Crippen LogP contribution in [0.15, 0.2) is 6.07 Å². The summed E-state index contributed by atoms with van der Waals surface area (Å²) in [5.41, 5.74) is 1.59. The first kappa shape index (κ1) is 13.6. The van der Waals surface area contributed by atoms with Crippen LogP contribution in [0.25, 0.3) is 0 Å². The molecule has 1 saturated heterocycles. The van der Waals surface area contributed by atoms with E-state index in [0.29, 0.717) is 11.6 Å². The summed E-state index contributed by atoms with van der Waals surface area (Å²) < 4.78 is 5.32. The van der Waals surface area contributed by atoms with Crippen molar-refractivity contribution in [2.75, 3.05) is 32.8 Å². The zero-order chi connectivity index (χ0) is 13.9. The van der Waals surface area contributed by atoms with Crippen LogP contribution in [0.2, 0.25) is 0 Å². The molecule has 3 rings (SSSR count). The number of hydrogen-bond donors (Lipinski definition) is 2. The molecular weight excluding hydrogens is 256 g/mol. The maximum atomic E-state index is 12.1.